The van der Waals surface area contributed by atoms with Crippen LogP contribution in [-0.4, -0.2) is 16.2 Å². The second-order valence-electron chi connectivity index (χ2n) is 4.09. The molecule has 0 aliphatic rings. The molecule has 0 saturated heterocycles. The van der Waals surface area contributed by atoms with Crippen molar-refractivity contribution in [2.45, 2.75) is 30.0 Å². The van der Waals surface area contributed by atoms with Gasteiger partial charge in [-0.25, -0.2) is 4.39 Å². The van der Waals surface area contributed by atoms with Crippen LogP contribution in [0.15, 0.2) is 28.6 Å². The third-order valence-electron chi connectivity index (χ3n) is 2.07. The van der Waals surface area contributed by atoms with Crippen molar-refractivity contribution in [1.29, 1.82) is 0 Å². The lowest BCUT2D eigenvalue weighted by Crippen LogP contribution is -2.08. The van der Waals surface area contributed by atoms with Crippen LogP contribution < -0.4 is 5.32 Å². The van der Waals surface area contributed by atoms with Gasteiger partial charge in [0.25, 0.3) is 0 Å². The molecule has 18 heavy (non-hydrogen) atoms. The lowest BCUT2D eigenvalue weighted by atomic mass is 10.2. The number of anilines is 1. The van der Waals surface area contributed by atoms with E-state index in [0.29, 0.717) is 11.8 Å². The van der Waals surface area contributed by atoms with Crippen LogP contribution in [0.3, 0.4) is 0 Å². The van der Waals surface area contributed by atoms with E-state index in [-0.39, 0.29) is 5.82 Å². The average molecular weight is 283 g/mol. The monoisotopic (exact) mass is 283 g/mol. The Labute approximate surface area is 114 Å². The van der Waals surface area contributed by atoms with Gasteiger partial charge in [-0.3, -0.25) is 0 Å². The van der Waals surface area contributed by atoms with E-state index in [4.69, 9.17) is 0 Å². The third-order valence-corrected chi connectivity index (χ3v) is 4.13. The first-order valence-corrected chi connectivity index (χ1v) is 7.41. The van der Waals surface area contributed by atoms with Gasteiger partial charge in [0.05, 0.1) is 0 Å². The van der Waals surface area contributed by atoms with Gasteiger partial charge in [-0.2, -0.15) is 0 Å². The van der Waals surface area contributed by atoms with E-state index in [9.17, 15) is 4.39 Å². The van der Waals surface area contributed by atoms with Gasteiger partial charge < -0.3 is 5.32 Å². The largest absolute Gasteiger partial charge is 0.358 e. The maximum atomic E-state index is 13.0. The van der Waals surface area contributed by atoms with E-state index in [1.165, 1.54) is 17.4 Å². The van der Waals surface area contributed by atoms with Crippen LogP contribution >= 0.6 is 23.1 Å². The summed E-state index contributed by atoms with van der Waals surface area (Å²) in [6, 6.07) is 6.96. The number of aromatic nitrogens is 2. The molecule has 0 bridgehead atoms. The molecule has 1 aromatic carbocycles. The zero-order valence-corrected chi connectivity index (χ0v) is 11.8. The number of benzene rings is 1. The molecular formula is C12H14FN3S2. The van der Waals surface area contributed by atoms with Gasteiger partial charge in [-0.05, 0) is 31.5 Å². The second-order valence-corrected chi connectivity index (χ2v) is 6.29. The molecule has 2 rings (SSSR count). The van der Waals surface area contributed by atoms with Crippen LogP contribution in [0.1, 0.15) is 19.4 Å². The van der Waals surface area contributed by atoms with Crippen molar-refractivity contribution in [2.75, 3.05) is 5.32 Å². The van der Waals surface area contributed by atoms with Gasteiger partial charge in [-0.15, -0.1) is 10.2 Å². The summed E-state index contributed by atoms with van der Waals surface area (Å²) >= 11 is 3.09. The topological polar surface area (TPSA) is 37.8 Å². The Balaban J connectivity index is 1.92. The molecule has 0 atom stereocenters. The molecule has 96 valence electrons. The Morgan fingerprint density at radius 1 is 1.39 bits per heavy atom. The molecule has 1 heterocycles. The molecule has 0 radical (unpaired) electrons. The summed E-state index contributed by atoms with van der Waals surface area (Å²) in [5, 5.41) is 12.2. The van der Waals surface area contributed by atoms with E-state index >= 15 is 0 Å². The molecule has 0 unspecified atom stereocenters. The van der Waals surface area contributed by atoms with Crippen molar-refractivity contribution < 1.29 is 4.39 Å². The molecule has 0 fully saturated rings. The third kappa shape index (κ3) is 3.96. The number of halogens is 1. The minimum Gasteiger partial charge on any atom is -0.358 e. The number of hydrogen-bond donors (Lipinski definition) is 1. The molecule has 6 heteroatoms. The number of hydrogen-bond acceptors (Lipinski definition) is 5. The molecule has 2 aromatic rings. The fourth-order valence-corrected chi connectivity index (χ4v) is 3.19. The van der Waals surface area contributed by atoms with Crippen molar-refractivity contribution in [2.24, 2.45) is 0 Å². The van der Waals surface area contributed by atoms with E-state index in [0.717, 1.165) is 15.0 Å². The molecule has 0 aliphatic heterocycles. The lowest BCUT2D eigenvalue weighted by molar-refractivity contribution is 0.626. The molecule has 0 saturated carbocycles. The number of thioether (sulfide) groups is 1. The first kappa shape index (κ1) is 13.3. The Bertz CT molecular complexity index is 514. The molecule has 1 N–H and O–H groups in total. The highest BCUT2D eigenvalue weighted by atomic mass is 32.2. The summed E-state index contributed by atoms with van der Waals surface area (Å²) in [6.07, 6.45) is 0. The average Bonchev–Trinajstić information content (AvgIpc) is 2.73. The molecule has 3 nitrogen and oxygen atoms in total. The maximum absolute atomic E-state index is 13.0. The Morgan fingerprint density at radius 2 is 2.22 bits per heavy atom. The van der Waals surface area contributed by atoms with Gasteiger partial charge in [0, 0.05) is 11.8 Å². The smallest absolute Gasteiger partial charge is 0.206 e. The predicted octanol–water partition coefficient (Wildman–Crippen LogP) is 3.79. The van der Waals surface area contributed by atoms with Crippen molar-refractivity contribution in [3.05, 3.63) is 35.6 Å². The first-order valence-electron chi connectivity index (χ1n) is 5.61. The van der Waals surface area contributed by atoms with Crippen LogP contribution in [0.5, 0.6) is 0 Å². The van der Waals surface area contributed by atoms with Crippen molar-refractivity contribution >= 4 is 28.2 Å². The standard InChI is InChI=1S/C12H14FN3S2/c1-8(2)14-11-15-16-12(18-11)17-7-9-4-3-5-10(13)6-9/h3-6,8H,7H2,1-2H3,(H,14,15). The zero-order chi connectivity index (χ0) is 13.0. The van der Waals surface area contributed by atoms with Crippen LogP contribution in [0.25, 0.3) is 0 Å². The normalized spacial score (nSPS) is 10.9. The van der Waals surface area contributed by atoms with Gasteiger partial charge in [-0.1, -0.05) is 35.2 Å². The van der Waals surface area contributed by atoms with Gasteiger partial charge in [0.15, 0.2) is 4.34 Å². The Hall–Kier alpha value is -1.14. The number of nitrogens with zero attached hydrogens (tertiary/aromatic N) is 2. The van der Waals surface area contributed by atoms with E-state index in [1.54, 1.807) is 23.9 Å². The Kier molecular flexibility index (Phi) is 4.54. The van der Waals surface area contributed by atoms with Crippen molar-refractivity contribution in [1.82, 2.24) is 10.2 Å². The van der Waals surface area contributed by atoms with Crippen LogP contribution in [-0.2, 0) is 5.75 Å². The molecule has 1 aromatic heterocycles. The van der Waals surface area contributed by atoms with Crippen LogP contribution in [0, 0.1) is 5.82 Å². The fourth-order valence-electron chi connectivity index (χ4n) is 1.35. The van der Waals surface area contributed by atoms with Gasteiger partial charge >= 0.3 is 0 Å². The summed E-state index contributed by atoms with van der Waals surface area (Å²) < 4.78 is 13.9. The summed E-state index contributed by atoms with van der Waals surface area (Å²) in [7, 11) is 0. The minimum atomic E-state index is -0.201. The molecular weight excluding hydrogens is 269 g/mol. The first-order chi connectivity index (χ1) is 8.63. The molecule has 0 amide bonds. The number of nitrogens with one attached hydrogen (secondary N) is 1. The van der Waals surface area contributed by atoms with E-state index in [2.05, 4.69) is 29.4 Å². The second kappa shape index (κ2) is 6.15. The lowest BCUT2D eigenvalue weighted by Gasteiger charge is -2.03. The quantitative estimate of drug-likeness (QED) is 0.847. The van der Waals surface area contributed by atoms with Gasteiger partial charge in [0.2, 0.25) is 5.13 Å². The van der Waals surface area contributed by atoms with Crippen molar-refractivity contribution in [3.8, 4) is 0 Å². The van der Waals surface area contributed by atoms with E-state index in [1.807, 2.05) is 6.07 Å². The highest BCUT2D eigenvalue weighted by Gasteiger charge is 2.06. The van der Waals surface area contributed by atoms with Crippen LogP contribution in [0.4, 0.5) is 9.52 Å². The fraction of sp³-hybridized carbons (Fsp3) is 0.333. The SMILES string of the molecule is CC(C)Nc1nnc(SCc2cccc(F)c2)s1. The summed E-state index contributed by atoms with van der Waals surface area (Å²) in [6.45, 7) is 4.11. The number of rotatable bonds is 5. The minimum absolute atomic E-state index is 0.201. The maximum Gasteiger partial charge on any atom is 0.206 e. The summed E-state index contributed by atoms with van der Waals surface area (Å²) in [5.74, 6) is 0.501. The highest BCUT2D eigenvalue weighted by Crippen LogP contribution is 2.28. The summed E-state index contributed by atoms with van der Waals surface area (Å²) in [5.41, 5.74) is 0.952. The van der Waals surface area contributed by atoms with Crippen LogP contribution in [0.2, 0.25) is 0 Å². The van der Waals surface area contributed by atoms with E-state index < -0.39 is 0 Å². The summed E-state index contributed by atoms with van der Waals surface area (Å²) in [4.78, 5) is 0. The van der Waals surface area contributed by atoms with Crippen molar-refractivity contribution in [3.63, 3.8) is 0 Å². The Morgan fingerprint density at radius 3 is 2.94 bits per heavy atom. The highest BCUT2D eigenvalue weighted by molar-refractivity contribution is 8.00. The van der Waals surface area contributed by atoms with Gasteiger partial charge in [0.1, 0.15) is 5.82 Å². The molecule has 0 spiro atoms. The predicted molar refractivity (Wildman–Crippen MR) is 74.6 cm³/mol. The molecule has 0 aliphatic carbocycles. The zero-order valence-electron chi connectivity index (χ0n) is 10.2.